The molecule has 0 unspecified atom stereocenters. The number of sulfonamides is 1. The molecular formula is C17H18ClN3O3S. The van der Waals surface area contributed by atoms with E-state index >= 15 is 0 Å². The van der Waals surface area contributed by atoms with Gasteiger partial charge in [-0.3, -0.25) is 0 Å². The topological polar surface area (TPSA) is 78.5 Å². The summed E-state index contributed by atoms with van der Waals surface area (Å²) in [7, 11) is -3.57. The van der Waals surface area contributed by atoms with Crippen LogP contribution in [0.25, 0.3) is 0 Å². The Balaban J connectivity index is 1.79. The van der Waals surface area contributed by atoms with E-state index in [9.17, 15) is 13.2 Å². The van der Waals surface area contributed by atoms with E-state index in [2.05, 4.69) is 10.6 Å². The lowest BCUT2D eigenvalue weighted by atomic mass is 10.3. The van der Waals surface area contributed by atoms with Gasteiger partial charge in [-0.2, -0.15) is 4.31 Å². The number of urea groups is 1. The highest BCUT2D eigenvalue weighted by Crippen LogP contribution is 2.28. The SMILES string of the molecule is O=C(Nc1ccccc1)Nc1cc(S(=O)(=O)N2CCCC2)ccc1Cl. The molecular weight excluding hydrogens is 362 g/mol. The van der Waals surface area contributed by atoms with Crippen molar-refractivity contribution in [3.05, 3.63) is 53.6 Å². The van der Waals surface area contributed by atoms with E-state index in [1.165, 1.54) is 22.5 Å². The summed E-state index contributed by atoms with van der Waals surface area (Å²) in [6.07, 6.45) is 1.72. The third-order valence-corrected chi connectivity index (χ3v) is 6.14. The van der Waals surface area contributed by atoms with Crippen molar-refractivity contribution in [2.24, 2.45) is 0 Å². The zero-order chi connectivity index (χ0) is 17.9. The van der Waals surface area contributed by atoms with Gasteiger partial charge in [-0.15, -0.1) is 0 Å². The monoisotopic (exact) mass is 379 g/mol. The molecule has 1 aliphatic heterocycles. The molecule has 0 saturated carbocycles. The fraction of sp³-hybridized carbons (Fsp3) is 0.235. The van der Waals surface area contributed by atoms with Gasteiger partial charge in [0, 0.05) is 18.8 Å². The summed E-state index contributed by atoms with van der Waals surface area (Å²) in [6.45, 7) is 1.03. The molecule has 0 aromatic heterocycles. The molecule has 1 aliphatic rings. The van der Waals surface area contributed by atoms with Gasteiger partial charge in [-0.1, -0.05) is 29.8 Å². The number of rotatable bonds is 4. The van der Waals surface area contributed by atoms with Gasteiger partial charge in [0.25, 0.3) is 0 Å². The number of hydrogen-bond donors (Lipinski definition) is 2. The molecule has 1 fully saturated rings. The van der Waals surface area contributed by atoms with Crippen LogP contribution in [-0.4, -0.2) is 31.8 Å². The van der Waals surface area contributed by atoms with Crippen LogP contribution < -0.4 is 10.6 Å². The van der Waals surface area contributed by atoms with E-state index in [1.54, 1.807) is 24.3 Å². The average molecular weight is 380 g/mol. The molecule has 0 radical (unpaired) electrons. The van der Waals surface area contributed by atoms with Crippen LogP contribution >= 0.6 is 11.6 Å². The summed E-state index contributed by atoms with van der Waals surface area (Å²) in [5.74, 6) is 0. The predicted molar refractivity (Wildman–Crippen MR) is 98.5 cm³/mol. The molecule has 0 bridgehead atoms. The fourth-order valence-electron chi connectivity index (χ4n) is 2.64. The minimum Gasteiger partial charge on any atom is -0.308 e. The molecule has 25 heavy (non-hydrogen) atoms. The molecule has 1 saturated heterocycles. The van der Waals surface area contributed by atoms with Gasteiger partial charge in [-0.05, 0) is 43.2 Å². The maximum Gasteiger partial charge on any atom is 0.323 e. The fourth-order valence-corrected chi connectivity index (χ4v) is 4.35. The smallest absolute Gasteiger partial charge is 0.308 e. The van der Waals surface area contributed by atoms with E-state index in [1.807, 2.05) is 6.07 Å². The predicted octanol–water partition coefficient (Wildman–Crippen LogP) is 3.77. The molecule has 1 heterocycles. The van der Waals surface area contributed by atoms with Crippen LogP contribution in [0.4, 0.5) is 16.2 Å². The molecule has 6 nitrogen and oxygen atoms in total. The Morgan fingerprint density at radius 3 is 2.36 bits per heavy atom. The summed E-state index contributed by atoms with van der Waals surface area (Å²) in [6, 6.07) is 12.7. The van der Waals surface area contributed by atoms with Crippen LogP contribution in [0.5, 0.6) is 0 Å². The van der Waals surface area contributed by atoms with E-state index in [0.717, 1.165) is 12.8 Å². The zero-order valence-corrected chi connectivity index (χ0v) is 15.0. The number of carbonyl (C=O) groups is 1. The second-order valence-electron chi connectivity index (χ2n) is 5.70. The molecule has 132 valence electrons. The standard InChI is InChI=1S/C17H18ClN3O3S/c18-15-9-8-14(25(23,24)21-10-4-5-11-21)12-16(15)20-17(22)19-13-6-2-1-3-7-13/h1-3,6-9,12H,4-5,10-11H2,(H2,19,20,22). The summed E-state index contributed by atoms with van der Waals surface area (Å²) >= 11 is 6.10. The van der Waals surface area contributed by atoms with E-state index in [-0.39, 0.29) is 15.6 Å². The van der Waals surface area contributed by atoms with Crippen LogP contribution in [0.15, 0.2) is 53.4 Å². The Kier molecular flexibility index (Phi) is 5.27. The lowest BCUT2D eigenvalue weighted by Gasteiger charge is -2.17. The first kappa shape index (κ1) is 17.7. The van der Waals surface area contributed by atoms with Crippen LogP contribution in [0.1, 0.15) is 12.8 Å². The minimum absolute atomic E-state index is 0.119. The van der Waals surface area contributed by atoms with Crippen molar-refractivity contribution in [2.45, 2.75) is 17.7 Å². The van der Waals surface area contributed by atoms with Crippen molar-refractivity contribution in [2.75, 3.05) is 23.7 Å². The Morgan fingerprint density at radius 1 is 1.00 bits per heavy atom. The van der Waals surface area contributed by atoms with Crippen molar-refractivity contribution < 1.29 is 13.2 Å². The number of anilines is 2. The van der Waals surface area contributed by atoms with Gasteiger partial charge in [0.2, 0.25) is 10.0 Å². The van der Waals surface area contributed by atoms with E-state index in [4.69, 9.17) is 11.6 Å². The Labute approximate surface area is 151 Å². The van der Waals surface area contributed by atoms with Gasteiger partial charge in [-0.25, -0.2) is 13.2 Å². The number of hydrogen-bond acceptors (Lipinski definition) is 3. The molecule has 3 rings (SSSR count). The molecule has 0 aliphatic carbocycles. The number of nitrogens with one attached hydrogen (secondary N) is 2. The maximum absolute atomic E-state index is 12.6. The second-order valence-corrected chi connectivity index (χ2v) is 8.04. The first-order valence-corrected chi connectivity index (χ1v) is 9.71. The third-order valence-electron chi connectivity index (χ3n) is 3.92. The zero-order valence-electron chi connectivity index (χ0n) is 13.4. The molecule has 2 aromatic rings. The molecule has 2 N–H and O–H groups in total. The van der Waals surface area contributed by atoms with Crippen molar-refractivity contribution in [1.82, 2.24) is 4.31 Å². The van der Waals surface area contributed by atoms with Crippen molar-refractivity contribution in [3.63, 3.8) is 0 Å². The summed E-state index contributed by atoms with van der Waals surface area (Å²) < 4.78 is 26.7. The Morgan fingerprint density at radius 2 is 1.68 bits per heavy atom. The van der Waals surface area contributed by atoms with Crippen molar-refractivity contribution >= 4 is 39.0 Å². The van der Waals surface area contributed by atoms with E-state index in [0.29, 0.717) is 18.8 Å². The van der Waals surface area contributed by atoms with Crippen molar-refractivity contribution in [1.29, 1.82) is 0 Å². The molecule has 0 atom stereocenters. The van der Waals surface area contributed by atoms with Gasteiger partial charge in [0.1, 0.15) is 0 Å². The van der Waals surface area contributed by atoms with Crippen LogP contribution in [-0.2, 0) is 10.0 Å². The number of para-hydroxylation sites is 1. The minimum atomic E-state index is -3.57. The van der Waals surface area contributed by atoms with Gasteiger partial charge < -0.3 is 10.6 Å². The van der Waals surface area contributed by atoms with Crippen LogP contribution in [0.3, 0.4) is 0 Å². The number of amides is 2. The largest absolute Gasteiger partial charge is 0.323 e. The Hall–Kier alpha value is -2.09. The number of nitrogens with zero attached hydrogens (tertiary/aromatic N) is 1. The molecule has 2 aromatic carbocycles. The highest BCUT2D eigenvalue weighted by Gasteiger charge is 2.27. The first-order chi connectivity index (χ1) is 12.0. The number of benzene rings is 2. The van der Waals surface area contributed by atoms with Gasteiger partial charge in [0.05, 0.1) is 15.6 Å². The van der Waals surface area contributed by atoms with Crippen molar-refractivity contribution in [3.8, 4) is 0 Å². The second kappa shape index (κ2) is 7.43. The highest BCUT2D eigenvalue weighted by atomic mass is 35.5. The lowest BCUT2D eigenvalue weighted by Crippen LogP contribution is -2.28. The Bertz CT molecular complexity index is 866. The quantitative estimate of drug-likeness (QED) is 0.848. The van der Waals surface area contributed by atoms with Gasteiger partial charge >= 0.3 is 6.03 Å². The first-order valence-electron chi connectivity index (χ1n) is 7.89. The van der Waals surface area contributed by atoms with Crippen LogP contribution in [0.2, 0.25) is 5.02 Å². The normalized spacial score (nSPS) is 15.1. The molecule has 8 heteroatoms. The van der Waals surface area contributed by atoms with Crippen LogP contribution in [0, 0.1) is 0 Å². The number of carbonyl (C=O) groups excluding carboxylic acids is 1. The summed E-state index contributed by atoms with van der Waals surface area (Å²) in [4.78, 5) is 12.2. The summed E-state index contributed by atoms with van der Waals surface area (Å²) in [5, 5.41) is 5.53. The highest BCUT2D eigenvalue weighted by molar-refractivity contribution is 7.89. The van der Waals surface area contributed by atoms with Gasteiger partial charge in [0.15, 0.2) is 0 Å². The molecule has 2 amide bonds. The average Bonchev–Trinajstić information content (AvgIpc) is 3.13. The summed E-state index contributed by atoms with van der Waals surface area (Å²) in [5.41, 5.74) is 0.868. The third kappa shape index (κ3) is 4.12. The van der Waals surface area contributed by atoms with E-state index < -0.39 is 16.1 Å². The molecule has 0 spiro atoms. The maximum atomic E-state index is 12.6. The number of halogens is 1. The lowest BCUT2D eigenvalue weighted by molar-refractivity contribution is 0.262.